The van der Waals surface area contributed by atoms with Crippen LogP contribution in [0.15, 0.2) is 12.3 Å². The summed E-state index contributed by atoms with van der Waals surface area (Å²) in [6.45, 7) is 3.28. The molecule has 21 heavy (non-hydrogen) atoms. The van der Waals surface area contributed by atoms with E-state index in [-0.39, 0.29) is 17.4 Å². The van der Waals surface area contributed by atoms with Gasteiger partial charge in [-0.15, -0.1) is 0 Å². The van der Waals surface area contributed by atoms with Crippen molar-refractivity contribution in [3.63, 3.8) is 0 Å². The standard InChI is InChI=1S/C13H19N5O3/c1-9-4-5-15-12(11(9)18(20)21)17-7-6-14-8-10(17)13(19)16(2)3/h4-5,10,14H,6-8H2,1-3H3. The fourth-order valence-corrected chi connectivity index (χ4v) is 2.45. The number of anilines is 1. The van der Waals surface area contributed by atoms with Crippen LogP contribution >= 0.6 is 0 Å². The van der Waals surface area contributed by atoms with Crippen molar-refractivity contribution in [3.05, 3.63) is 27.9 Å². The molecule has 0 bridgehead atoms. The molecule has 0 radical (unpaired) electrons. The highest BCUT2D eigenvalue weighted by molar-refractivity contribution is 5.86. The molecule has 1 amide bonds. The van der Waals surface area contributed by atoms with Gasteiger partial charge in [-0.05, 0) is 13.0 Å². The number of nitro groups is 1. The molecule has 1 aromatic heterocycles. The molecular weight excluding hydrogens is 274 g/mol. The van der Waals surface area contributed by atoms with Gasteiger partial charge in [0.1, 0.15) is 6.04 Å². The van der Waals surface area contributed by atoms with Crippen LogP contribution in [0.2, 0.25) is 0 Å². The van der Waals surface area contributed by atoms with Crippen LogP contribution in [0.5, 0.6) is 0 Å². The zero-order valence-electron chi connectivity index (χ0n) is 12.4. The lowest BCUT2D eigenvalue weighted by Gasteiger charge is -2.36. The predicted molar refractivity (Wildman–Crippen MR) is 78.3 cm³/mol. The fourth-order valence-electron chi connectivity index (χ4n) is 2.45. The molecule has 1 aliphatic heterocycles. The van der Waals surface area contributed by atoms with Gasteiger partial charge in [0.05, 0.1) is 4.92 Å². The number of carbonyl (C=O) groups excluding carboxylic acids is 1. The summed E-state index contributed by atoms with van der Waals surface area (Å²) in [5, 5.41) is 14.5. The number of pyridine rings is 1. The van der Waals surface area contributed by atoms with E-state index in [0.717, 1.165) is 0 Å². The molecule has 1 aromatic rings. The van der Waals surface area contributed by atoms with E-state index < -0.39 is 11.0 Å². The number of nitrogens with zero attached hydrogens (tertiary/aromatic N) is 4. The Kier molecular flexibility index (Phi) is 4.37. The molecule has 0 aromatic carbocycles. The maximum Gasteiger partial charge on any atom is 0.314 e. The predicted octanol–water partition coefficient (Wildman–Crippen LogP) is 0.165. The topological polar surface area (TPSA) is 91.6 Å². The minimum atomic E-state index is -0.484. The smallest absolute Gasteiger partial charge is 0.314 e. The van der Waals surface area contributed by atoms with Crippen molar-refractivity contribution in [1.82, 2.24) is 15.2 Å². The molecule has 0 saturated carbocycles. The summed E-state index contributed by atoms with van der Waals surface area (Å²) in [6.07, 6.45) is 1.54. The Balaban J connectivity index is 2.45. The van der Waals surface area contributed by atoms with E-state index in [2.05, 4.69) is 10.3 Å². The van der Waals surface area contributed by atoms with Gasteiger partial charge < -0.3 is 15.1 Å². The molecule has 0 aliphatic carbocycles. The molecule has 2 rings (SSSR count). The molecule has 1 saturated heterocycles. The van der Waals surface area contributed by atoms with Gasteiger partial charge in [0.2, 0.25) is 11.7 Å². The van der Waals surface area contributed by atoms with Crippen molar-refractivity contribution >= 4 is 17.4 Å². The van der Waals surface area contributed by atoms with Crippen LogP contribution in [-0.2, 0) is 4.79 Å². The van der Waals surface area contributed by atoms with Gasteiger partial charge >= 0.3 is 5.69 Å². The van der Waals surface area contributed by atoms with Gasteiger partial charge in [0, 0.05) is 45.5 Å². The minimum absolute atomic E-state index is 0.0315. The third kappa shape index (κ3) is 2.94. The first kappa shape index (κ1) is 15.2. The van der Waals surface area contributed by atoms with E-state index in [4.69, 9.17) is 0 Å². The lowest BCUT2D eigenvalue weighted by atomic mass is 10.1. The van der Waals surface area contributed by atoms with Crippen LogP contribution in [0.1, 0.15) is 5.56 Å². The maximum atomic E-state index is 12.3. The summed E-state index contributed by atoms with van der Waals surface area (Å²) < 4.78 is 0. The number of nitrogens with one attached hydrogen (secondary N) is 1. The first-order chi connectivity index (χ1) is 9.93. The Morgan fingerprint density at radius 3 is 2.90 bits per heavy atom. The minimum Gasteiger partial charge on any atom is -0.347 e. The normalized spacial score (nSPS) is 18.4. The Morgan fingerprint density at radius 1 is 1.57 bits per heavy atom. The number of piperazine rings is 1. The van der Waals surface area contributed by atoms with Crippen LogP contribution in [0, 0.1) is 17.0 Å². The Labute approximate surface area is 122 Å². The highest BCUT2D eigenvalue weighted by Crippen LogP contribution is 2.30. The molecule has 114 valence electrons. The van der Waals surface area contributed by atoms with Crippen molar-refractivity contribution in [2.45, 2.75) is 13.0 Å². The van der Waals surface area contributed by atoms with E-state index in [0.29, 0.717) is 25.2 Å². The average Bonchev–Trinajstić information content (AvgIpc) is 2.45. The third-order valence-corrected chi connectivity index (χ3v) is 3.53. The second-order valence-corrected chi connectivity index (χ2v) is 5.20. The highest BCUT2D eigenvalue weighted by Gasteiger charge is 2.35. The number of likely N-dealkylation sites (N-methyl/N-ethyl adjacent to an activating group) is 1. The zero-order valence-corrected chi connectivity index (χ0v) is 12.4. The quantitative estimate of drug-likeness (QED) is 0.631. The first-order valence-electron chi connectivity index (χ1n) is 6.72. The maximum absolute atomic E-state index is 12.3. The first-order valence-corrected chi connectivity index (χ1v) is 6.72. The number of hydrogen-bond donors (Lipinski definition) is 1. The summed E-state index contributed by atoms with van der Waals surface area (Å²) in [7, 11) is 3.35. The number of aryl methyl sites for hydroxylation is 1. The van der Waals surface area contributed by atoms with Crippen LogP contribution in [0.25, 0.3) is 0 Å². The Bertz CT molecular complexity index is 561. The molecule has 1 N–H and O–H groups in total. The van der Waals surface area contributed by atoms with Gasteiger partial charge in [-0.2, -0.15) is 0 Å². The molecule has 1 unspecified atom stereocenters. The molecule has 0 spiro atoms. The van der Waals surface area contributed by atoms with Gasteiger partial charge in [0.15, 0.2) is 0 Å². The Hall–Kier alpha value is -2.22. The molecule has 2 heterocycles. The monoisotopic (exact) mass is 293 g/mol. The number of hydrogen-bond acceptors (Lipinski definition) is 6. The SMILES string of the molecule is Cc1ccnc(N2CCNCC2C(=O)N(C)C)c1[N+](=O)[O-]. The van der Waals surface area contributed by atoms with Crippen LogP contribution in [0.4, 0.5) is 11.5 Å². The molecule has 8 nitrogen and oxygen atoms in total. The second kappa shape index (κ2) is 6.04. The fraction of sp³-hybridized carbons (Fsp3) is 0.538. The molecule has 1 atom stereocenters. The molecular formula is C13H19N5O3. The van der Waals surface area contributed by atoms with Gasteiger partial charge in [-0.25, -0.2) is 4.98 Å². The van der Waals surface area contributed by atoms with Crippen molar-refractivity contribution < 1.29 is 9.72 Å². The van der Waals surface area contributed by atoms with Gasteiger partial charge in [-0.1, -0.05) is 0 Å². The average molecular weight is 293 g/mol. The number of rotatable bonds is 3. The van der Waals surface area contributed by atoms with Gasteiger partial charge in [-0.3, -0.25) is 14.9 Å². The van der Waals surface area contributed by atoms with E-state index in [1.807, 2.05) is 0 Å². The summed E-state index contributed by atoms with van der Waals surface area (Å²) in [6, 6.07) is 1.12. The van der Waals surface area contributed by atoms with Crippen LogP contribution in [-0.4, -0.2) is 60.5 Å². The van der Waals surface area contributed by atoms with E-state index in [1.54, 1.807) is 32.0 Å². The number of amides is 1. The zero-order chi connectivity index (χ0) is 15.6. The van der Waals surface area contributed by atoms with Gasteiger partial charge in [0.25, 0.3) is 0 Å². The lowest BCUT2D eigenvalue weighted by Crippen LogP contribution is -2.58. The summed E-state index contributed by atoms with van der Waals surface area (Å²) >= 11 is 0. The summed E-state index contributed by atoms with van der Waals surface area (Å²) in [4.78, 5) is 30.6. The second-order valence-electron chi connectivity index (χ2n) is 5.20. The van der Waals surface area contributed by atoms with Crippen molar-refractivity contribution in [1.29, 1.82) is 0 Å². The summed E-state index contributed by atoms with van der Waals surface area (Å²) in [5.74, 6) is 0.168. The number of aromatic nitrogens is 1. The van der Waals surface area contributed by atoms with E-state index in [9.17, 15) is 14.9 Å². The van der Waals surface area contributed by atoms with Crippen molar-refractivity contribution in [3.8, 4) is 0 Å². The van der Waals surface area contributed by atoms with Crippen LogP contribution in [0.3, 0.4) is 0 Å². The van der Waals surface area contributed by atoms with Crippen LogP contribution < -0.4 is 10.2 Å². The molecule has 1 aliphatic rings. The molecule has 1 fully saturated rings. The van der Waals surface area contributed by atoms with E-state index in [1.165, 1.54) is 11.1 Å². The number of carbonyl (C=O) groups is 1. The van der Waals surface area contributed by atoms with E-state index >= 15 is 0 Å². The summed E-state index contributed by atoms with van der Waals surface area (Å²) in [5.41, 5.74) is 0.510. The largest absolute Gasteiger partial charge is 0.347 e. The highest BCUT2D eigenvalue weighted by atomic mass is 16.6. The van der Waals surface area contributed by atoms with Crippen molar-refractivity contribution in [2.24, 2.45) is 0 Å². The van der Waals surface area contributed by atoms with Crippen molar-refractivity contribution in [2.75, 3.05) is 38.6 Å². The molecule has 8 heteroatoms. The lowest BCUT2D eigenvalue weighted by molar-refractivity contribution is -0.384. The Morgan fingerprint density at radius 2 is 2.29 bits per heavy atom. The third-order valence-electron chi connectivity index (χ3n) is 3.53.